The van der Waals surface area contributed by atoms with E-state index in [0.29, 0.717) is 17.6 Å². The van der Waals surface area contributed by atoms with Gasteiger partial charge in [-0.15, -0.1) is 0 Å². The van der Waals surface area contributed by atoms with Gasteiger partial charge in [0.1, 0.15) is 16.8 Å². The van der Waals surface area contributed by atoms with E-state index in [4.69, 9.17) is 11.6 Å². The Balaban J connectivity index is 1.88. The summed E-state index contributed by atoms with van der Waals surface area (Å²) in [6.45, 7) is 3.27. The van der Waals surface area contributed by atoms with Gasteiger partial charge in [-0.3, -0.25) is 9.36 Å². The summed E-state index contributed by atoms with van der Waals surface area (Å²) >= 11 is 5.88. The topological polar surface area (TPSA) is 52.7 Å². The van der Waals surface area contributed by atoms with Crippen LogP contribution in [0.3, 0.4) is 0 Å². The third-order valence-corrected chi connectivity index (χ3v) is 3.63. The number of rotatable bonds is 4. The van der Waals surface area contributed by atoms with Crippen LogP contribution in [0.25, 0.3) is 0 Å². The molecule has 3 rings (SSSR count). The van der Waals surface area contributed by atoms with Crippen molar-refractivity contribution in [1.82, 2.24) is 19.1 Å². The van der Waals surface area contributed by atoms with Gasteiger partial charge in [-0.2, -0.15) is 0 Å². The Kier molecular flexibility index (Phi) is 3.14. The molecule has 0 aliphatic heterocycles. The second kappa shape index (κ2) is 4.81. The van der Waals surface area contributed by atoms with Crippen LogP contribution < -0.4 is 5.56 Å². The van der Waals surface area contributed by atoms with Crippen LogP contribution in [0.2, 0.25) is 5.15 Å². The highest BCUT2D eigenvalue weighted by molar-refractivity contribution is 6.29. The van der Waals surface area contributed by atoms with Crippen molar-refractivity contribution >= 4 is 11.6 Å². The standard InChI is InChI=1S/C13H15ClN4O/c1-9-15-4-5-17(9)6-7-18-12(19)8-11(14)16-13(18)10-2-3-10/h4-5,8,10H,2-3,6-7H2,1H3. The van der Waals surface area contributed by atoms with Crippen LogP contribution in [0.5, 0.6) is 0 Å². The quantitative estimate of drug-likeness (QED) is 0.804. The van der Waals surface area contributed by atoms with Crippen molar-refractivity contribution in [2.24, 2.45) is 0 Å². The van der Waals surface area contributed by atoms with E-state index in [9.17, 15) is 4.79 Å². The molecule has 19 heavy (non-hydrogen) atoms. The van der Waals surface area contributed by atoms with Crippen LogP contribution in [-0.4, -0.2) is 19.1 Å². The highest BCUT2D eigenvalue weighted by atomic mass is 35.5. The number of aryl methyl sites for hydroxylation is 2. The Hall–Kier alpha value is -1.62. The maximum Gasteiger partial charge on any atom is 0.255 e. The highest BCUT2D eigenvalue weighted by Gasteiger charge is 2.28. The molecule has 2 aromatic heterocycles. The van der Waals surface area contributed by atoms with E-state index in [1.54, 1.807) is 10.8 Å². The second-order valence-electron chi connectivity index (χ2n) is 4.87. The molecule has 2 heterocycles. The Morgan fingerprint density at radius 3 is 2.84 bits per heavy atom. The van der Waals surface area contributed by atoms with E-state index in [2.05, 4.69) is 9.97 Å². The molecule has 0 spiro atoms. The van der Waals surface area contributed by atoms with Crippen molar-refractivity contribution in [3.05, 3.63) is 45.6 Å². The normalized spacial score (nSPS) is 14.8. The number of imidazole rings is 1. The fraction of sp³-hybridized carbons (Fsp3) is 0.462. The first-order chi connectivity index (χ1) is 9.15. The molecular formula is C13H15ClN4O. The van der Waals surface area contributed by atoms with Gasteiger partial charge >= 0.3 is 0 Å². The molecule has 1 fully saturated rings. The Bertz CT molecular complexity index is 657. The summed E-state index contributed by atoms with van der Waals surface area (Å²) in [4.78, 5) is 20.5. The summed E-state index contributed by atoms with van der Waals surface area (Å²) in [6.07, 6.45) is 5.87. The van der Waals surface area contributed by atoms with Gasteiger partial charge in [-0.1, -0.05) is 11.6 Å². The molecular weight excluding hydrogens is 264 g/mol. The summed E-state index contributed by atoms with van der Waals surface area (Å²) < 4.78 is 3.76. The van der Waals surface area contributed by atoms with E-state index >= 15 is 0 Å². The maximum atomic E-state index is 12.1. The van der Waals surface area contributed by atoms with Crippen molar-refractivity contribution < 1.29 is 0 Å². The zero-order chi connectivity index (χ0) is 13.4. The van der Waals surface area contributed by atoms with Crippen molar-refractivity contribution in [3.8, 4) is 0 Å². The molecule has 0 N–H and O–H groups in total. The summed E-state index contributed by atoms with van der Waals surface area (Å²) in [7, 11) is 0. The monoisotopic (exact) mass is 278 g/mol. The SMILES string of the molecule is Cc1nccn1CCn1c(C2CC2)nc(Cl)cc1=O. The van der Waals surface area contributed by atoms with Gasteiger partial charge in [0.25, 0.3) is 5.56 Å². The Morgan fingerprint density at radius 2 is 2.21 bits per heavy atom. The third kappa shape index (κ3) is 2.56. The largest absolute Gasteiger partial charge is 0.333 e. The number of hydrogen-bond acceptors (Lipinski definition) is 3. The molecule has 0 amide bonds. The lowest BCUT2D eigenvalue weighted by molar-refractivity contribution is 0.528. The summed E-state index contributed by atoms with van der Waals surface area (Å²) in [5, 5.41) is 0.293. The molecule has 1 aliphatic rings. The lowest BCUT2D eigenvalue weighted by Gasteiger charge is -2.12. The molecule has 0 atom stereocenters. The maximum absolute atomic E-state index is 12.1. The van der Waals surface area contributed by atoms with Crippen LogP contribution in [0.1, 0.15) is 30.4 Å². The minimum atomic E-state index is -0.0698. The van der Waals surface area contributed by atoms with Gasteiger partial charge in [0.2, 0.25) is 0 Å². The molecule has 0 radical (unpaired) electrons. The van der Waals surface area contributed by atoms with Crippen LogP contribution in [0.4, 0.5) is 0 Å². The fourth-order valence-electron chi connectivity index (χ4n) is 2.22. The van der Waals surface area contributed by atoms with Gasteiger partial charge in [-0.25, -0.2) is 9.97 Å². The zero-order valence-corrected chi connectivity index (χ0v) is 11.5. The highest BCUT2D eigenvalue weighted by Crippen LogP contribution is 2.38. The van der Waals surface area contributed by atoms with Crippen molar-refractivity contribution in [2.75, 3.05) is 0 Å². The lowest BCUT2D eigenvalue weighted by Crippen LogP contribution is -2.26. The van der Waals surface area contributed by atoms with Crippen LogP contribution in [0.15, 0.2) is 23.3 Å². The molecule has 0 saturated heterocycles. The first-order valence-corrected chi connectivity index (χ1v) is 6.78. The summed E-state index contributed by atoms with van der Waals surface area (Å²) in [6, 6.07) is 1.38. The van der Waals surface area contributed by atoms with Crippen LogP contribution >= 0.6 is 11.6 Å². The Morgan fingerprint density at radius 1 is 1.42 bits per heavy atom. The number of nitrogens with zero attached hydrogens (tertiary/aromatic N) is 4. The number of halogens is 1. The first kappa shape index (κ1) is 12.4. The van der Waals surface area contributed by atoms with Crippen molar-refractivity contribution in [1.29, 1.82) is 0 Å². The van der Waals surface area contributed by atoms with Gasteiger partial charge < -0.3 is 4.57 Å². The van der Waals surface area contributed by atoms with Crippen molar-refractivity contribution in [3.63, 3.8) is 0 Å². The average Bonchev–Trinajstić information content (AvgIpc) is 3.12. The second-order valence-corrected chi connectivity index (χ2v) is 5.26. The molecule has 0 aromatic carbocycles. The van der Waals surface area contributed by atoms with E-state index in [1.807, 2.05) is 17.7 Å². The van der Waals surface area contributed by atoms with E-state index in [-0.39, 0.29) is 5.56 Å². The minimum Gasteiger partial charge on any atom is -0.333 e. The smallest absolute Gasteiger partial charge is 0.255 e. The molecule has 2 aromatic rings. The molecule has 0 unspecified atom stereocenters. The van der Waals surface area contributed by atoms with Crippen LogP contribution in [-0.2, 0) is 13.1 Å². The average molecular weight is 279 g/mol. The molecule has 1 aliphatic carbocycles. The van der Waals surface area contributed by atoms with Crippen molar-refractivity contribution in [2.45, 2.75) is 38.8 Å². The number of hydrogen-bond donors (Lipinski definition) is 0. The molecule has 1 saturated carbocycles. The van der Waals surface area contributed by atoms with Gasteiger partial charge in [0.15, 0.2) is 0 Å². The van der Waals surface area contributed by atoms with Gasteiger partial charge in [0.05, 0.1) is 0 Å². The molecule has 5 nitrogen and oxygen atoms in total. The predicted molar refractivity (Wildman–Crippen MR) is 72.4 cm³/mol. The minimum absolute atomic E-state index is 0.0698. The third-order valence-electron chi connectivity index (χ3n) is 3.44. The zero-order valence-electron chi connectivity index (χ0n) is 10.7. The van der Waals surface area contributed by atoms with E-state index in [0.717, 1.165) is 31.0 Å². The Labute approximate surface area is 115 Å². The fourth-order valence-corrected chi connectivity index (χ4v) is 2.40. The molecule has 6 heteroatoms. The predicted octanol–water partition coefficient (Wildman–Crippen LogP) is 1.98. The lowest BCUT2D eigenvalue weighted by atomic mass is 10.3. The molecule has 100 valence electrons. The van der Waals surface area contributed by atoms with E-state index in [1.165, 1.54) is 6.07 Å². The van der Waals surface area contributed by atoms with E-state index < -0.39 is 0 Å². The first-order valence-electron chi connectivity index (χ1n) is 6.40. The summed E-state index contributed by atoms with van der Waals surface area (Å²) in [5.74, 6) is 2.17. The number of aromatic nitrogens is 4. The molecule has 0 bridgehead atoms. The summed E-state index contributed by atoms with van der Waals surface area (Å²) in [5.41, 5.74) is -0.0698. The van der Waals surface area contributed by atoms with Gasteiger partial charge in [0, 0.05) is 37.5 Å². The van der Waals surface area contributed by atoms with Gasteiger partial charge in [-0.05, 0) is 19.8 Å². The van der Waals surface area contributed by atoms with Crippen LogP contribution in [0, 0.1) is 6.92 Å².